The summed E-state index contributed by atoms with van der Waals surface area (Å²) in [6.45, 7) is 13.6. The first kappa shape index (κ1) is 26.4. The molecule has 9 heteroatoms. The van der Waals surface area contributed by atoms with E-state index in [0.717, 1.165) is 18.8 Å². The summed E-state index contributed by atoms with van der Waals surface area (Å²) in [5.74, 6) is 2.42. The molecule has 8 nitrogen and oxygen atoms in total. The van der Waals surface area contributed by atoms with Crippen LogP contribution < -0.4 is 0 Å². The van der Waals surface area contributed by atoms with Gasteiger partial charge in [0.2, 0.25) is 5.89 Å². The predicted octanol–water partition coefficient (Wildman–Crippen LogP) is 5.69. The van der Waals surface area contributed by atoms with Crippen LogP contribution in [0.5, 0.6) is 0 Å². The third-order valence-corrected chi connectivity index (χ3v) is 9.06. The zero-order valence-electron chi connectivity index (χ0n) is 21.3. The zero-order chi connectivity index (χ0) is 24.4. The minimum absolute atomic E-state index is 0.0564. The smallest absolute Gasteiger partial charge is 0.345 e. The number of hydrogen-bond donors (Lipinski definition) is 0. The molecule has 0 saturated heterocycles. The summed E-state index contributed by atoms with van der Waals surface area (Å²) in [6.07, 6.45) is 5.82. The van der Waals surface area contributed by atoms with Crippen molar-refractivity contribution >= 4 is 13.6 Å². The van der Waals surface area contributed by atoms with E-state index in [1.54, 1.807) is 34.6 Å². The fourth-order valence-electron chi connectivity index (χ4n) is 5.79. The van der Waals surface area contributed by atoms with Gasteiger partial charge in [-0.2, -0.15) is 4.98 Å². The minimum Gasteiger partial charge on any atom is -0.459 e. The van der Waals surface area contributed by atoms with Crippen LogP contribution in [-0.2, 0) is 35.0 Å². The molecule has 33 heavy (non-hydrogen) atoms. The summed E-state index contributed by atoms with van der Waals surface area (Å²) >= 11 is 0. The SMILES string of the molecule is CCOP(=O)(OCC)C(Cc1nc(C2(C)CC3CC(C)CC(C3)C2)no1)C(=O)OC(C)(C)C. The number of esters is 1. The van der Waals surface area contributed by atoms with Gasteiger partial charge < -0.3 is 18.3 Å². The normalized spacial score (nSPS) is 29.0. The molecule has 188 valence electrons. The standard InChI is InChI=1S/C24H41N2O6P/c1-8-29-33(28,30-9-2)19(21(27)31-23(4,5)6)13-20-25-22(26-32-20)24(7)14-17-10-16(3)11-18(12-17)15-24/h16-19H,8-15H2,1-7H3. The van der Waals surface area contributed by atoms with Crippen LogP contribution in [0.25, 0.3) is 0 Å². The van der Waals surface area contributed by atoms with Gasteiger partial charge >= 0.3 is 13.6 Å². The van der Waals surface area contributed by atoms with Crippen LogP contribution in [0.3, 0.4) is 0 Å². The molecule has 1 aromatic heterocycles. The summed E-state index contributed by atoms with van der Waals surface area (Å²) < 4.78 is 35.7. The van der Waals surface area contributed by atoms with E-state index >= 15 is 0 Å². The Bertz CT molecular complexity index is 835. The van der Waals surface area contributed by atoms with Gasteiger partial charge in [-0.25, -0.2) is 0 Å². The molecule has 0 spiro atoms. The topological polar surface area (TPSA) is 101 Å². The van der Waals surface area contributed by atoms with Gasteiger partial charge in [0.1, 0.15) is 5.60 Å². The number of nitrogens with zero attached hydrogens (tertiary/aromatic N) is 2. The van der Waals surface area contributed by atoms with Gasteiger partial charge in [0.05, 0.1) is 19.6 Å². The fraction of sp³-hybridized carbons (Fsp3) is 0.875. The molecule has 0 N–H and O–H groups in total. The van der Waals surface area contributed by atoms with Crippen molar-refractivity contribution in [2.75, 3.05) is 13.2 Å². The zero-order valence-corrected chi connectivity index (χ0v) is 22.2. The molecule has 3 atom stereocenters. The quantitative estimate of drug-likeness (QED) is 0.325. The van der Waals surface area contributed by atoms with E-state index in [1.165, 1.54) is 19.3 Å². The van der Waals surface area contributed by atoms with Crippen molar-refractivity contribution in [3.05, 3.63) is 11.7 Å². The molecule has 0 radical (unpaired) electrons. The van der Waals surface area contributed by atoms with Crippen molar-refractivity contribution in [2.45, 2.75) is 104 Å². The Morgan fingerprint density at radius 3 is 2.24 bits per heavy atom. The Morgan fingerprint density at radius 2 is 1.73 bits per heavy atom. The van der Waals surface area contributed by atoms with Crippen LogP contribution in [-0.4, -0.2) is 40.6 Å². The minimum atomic E-state index is -3.80. The number of aromatic nitrogens is 2. The molecule has 0 amide bonds. The van der Waals surface area contributed by atoms with Crippen molar-refractivity contribution < 1.29 is 27.7 Å². The van der Waals surface area contributed by atoms with Gasteiger partial charge in [-0.3, -0.25) is 9.36 Å². The lowest BCUT2D eigenvalue weighted by atomic mass is 9.59. The van der Waals surface area contributed by atoms with Crippen LogP contribution in [0.1, 0.15) is 92.3 Å². The highest BCUT2D eigenvalue weighted by Crippen LogP contribution is 2.55. The number of carbonyl (C=O) groups is 1. The summed E-state index contributed by atoms with van der Waals surface area (Å²) in [5.41, 5.74) is -2.08. The lowest BCUT2D eigenvalue weighted by molar-refractivity contribution is -0.154. The first-order valence-corrected chi connectivity index (χ1v) is 13.9. The summed E-state index contributed by atoms with van der Waals surface area (Å²) in [4.78, 5) is 17.7. The van der Waals surface area contributed by atoms with Crippen molar-refractivity contribution in [2.24, 2.45) is 17.8 Å². The van der Waals surface area contributed by atoms with E-state index in [2.05, 4.69) is 24.0 Å². The third kappa shape index (κ3) is 6.46. The largest absolute Gasteiger partial charge is 0.459 e. The van der Waals surface area contributed by atoms with Gasteiger partial charge in [-0.15, -0.1) is 0 Å². The van der Waals surface area contributed by atoms with E-state index in [0.29, 0.717) is 17.7 Å². The van der Waals surface area contributed by atoms with E-state index in [4.69, 9.17) is 18.3 Å². The van der Waals surface area contributed by atoms with Gasteiger partial charge in [0, 0.05) is 5.41 Å². The molecular weight excluding hydrogens is 443 g/mol. The second-order valence-electron chi connectivity index (χ2n) is 11.2. The van der Waals surface area contributed by atoms with Gasteiger partial charge in [0.15, 0.2) is 11.5 Å². The Hall–Kier alpha value is -1.24. The second-order valence-corrected chi connectivity index (χ2v) is 13.4. The number of ether oxygens (including phenoxy) is 1. The maximum atomic E-state index is 13.5. The number of carbonyl (C=O) groups excluding carboxylic acids is 1. The van der Waals surface area contributed by atoms with Crippen LogP contribution in [0.15, 0.2) is 4.52 Å². The molecule has 3 unspecified atom stereocenters. The van der Waals surface area contributed by atoms with Crippen LogP contribution >= 0.6 is 7.60 Å². The van der Waals surface area contributed by atoms with Gasteiger partial charge in [-0.1, -0.05) is 19.0 Å². The molecular formula is C24H41N2O6P. The van der Waals surface area contributed by atoms with Crippen molar-refractivity contribution in [3.63, 3.8) is 0 Å². The Kier molecular flexibility index (Phi) is 8.12. The Labute approximate surface area is 198 Å². The van der Waals surface area contributed by atoms with E-state index < -0.39 is 24.8 Å². The highest BCUT2D eigenvalue weighted by molar-refractivity contribution is 7.55. The average Bonchev–Trinajstić information content (AvgIpc) is 3.13. The summed E-state index contributed by atoms with van der Waals surface area (Å²) in [7, 11) is -3.80. The molecule has 2 aliphatic rings. The Morgan fingerprint density at radius 1 is 1.15 bits per heavy atom. The molecule has 3 rings (SSSR count). The van der Waals surface area contributed by atoms with Crippen molar-refractivity contribution in [1.82, 2.24) is 10.1 Å². The molecule has 1 aromatic rings. The van der Waals surface area contributed by atoms with Gasteiger partial charge in [0.25, 0.3) is 0 Å². The van der Waals surface area contributed by atoms with E-state index in [-0.39, 0.29) is 30.9 Å². The highest BCUT2D eigenvalue weighted by Gasteiger charge is 2.47. The predicted molar refractivity (Wildman–Crippen MR) is 125 cm³/mol. The summed E-state index contributed by atoms with van der Waals surface area (Å²) in [6, 6.07) is 0. The summed E-state index contributed by atoms with van der Waals surface area (Å²) in [5, 5.41) is 4.31. The molecule has 2 bridgehead atoms. The van der Waals surface area contributed by atoms with E-state index in [1.807, 2.05) is 0 Å². The molecule has 0 aliphatic heterocycles. The molecule has 2 aliphatic carbocycles. The molecule has 1 heterocycles. The first-order valence-electron chi connectivity index (χ1n) is 12.3. The maximum Gasteiger partial charge on any atom is 0.345 e. The van der Waals surface area contributed by atoms with Crippen LogP contribution in [0.2, 0.25) is 0 Å². The van der Waals surface area contributed by atoms with E-state index in [9.17, 15) is 9.36 Å². The lowest BCUT2D eigenvalue weighted by Crippen LogP contribution is -2.39. The highest BCUT2D eigenvalue weighted by atomic mass is 31.2. The first-order chi connectivity index (χ1) is 15.4. The van der Waals surface area contributed by atoms with Crippen LogP contribution in [0.4, 0.5) is 0 Å². The van der Waals surface area contributed by atoms with Crippen molar-refractivity contribution in [3.8, 4) is 0 Å². The third-order valence-electron chi connectivity index (χ3n) is 6.67. The monoisotopic (exact) mass is 484 g/mol. The number of hydrogen-bond acceptors (Lipinski definition) is 8. The maximum absolute atomic E-state index is 13.5. The fourth-order valence-corrected chi connectivity index (χ4v) is 7.64. The number of rotatable bonds is 9. The van der Waals surface area contributed by atoms with Crippen molar-refractivity contribution in [1.29, 1.82) is 0 Å². The second kappa shape index (κ2) is 10.2. The average molecular weight is 485 g/mol. The van der Waals surface area contributed by atoms with Crippen LogP contribution in [0, 0.1) is 17.8 Å². The van der Waals surface area contributed by atoms with Gasteiger partial charge in [-0.05, 0) is 84.5 Å². The number of fused-ring (bicyclic) bond motifs is 2. The molecule has 0 aromatic carbocycles. The lowest BCUT2D eigenvalue weighted by Gasteiger charge is -2.45. The molecule has 2 saturated carbocycles. The Balaban J connectivity index is 1.84. The molecule has 2 fully saturated rings.